The van der Waals surface area contributed by atoms with Crippen LogP contribution >= 0.6 is 11.8 Å². The molecule has 31 heavy (non-hydrogen) atoms. The number of aromatic nitrogens is 2. The third-order valence-electron chi connectivity index (χ3n) is 5.47. The second kappa shape index (κ2) is 10.1. The van der Waals surface area contributed by atoms with E-state index < -0.39 is 0 Å². The zero-order chi connectivity index (χ0) is 21.6. The number of piperidine rings is 1. The van der Waals surface area contributed by atoms with E-state index in [0.717, 1.165) is 49.1 Å². The molecule has 1 aromatic carbocycles. The SMILES string of the molecule is COc1cccc(CN2CCC(NC(=O)c3ccc(CSc4nccn4C)o3)CC2)c1. The summed E-state index contributed by atoms with van der Waals surface area (Å²) in [6.07, 6.45) is 5.53. The number of nitrogens with one attached hydrogen (secondary N) is 1. The number of carbonyl (C=O) groups excluding carboxylic acids is 1. The topological polar surface area (TPSA) is 72.5 Å². The van der Waals surface area contributed by atoms with Crippen LogP contribution in [0, 0.1) is 0 Å². The van der Waals surface area contributed by atoms with Crippen molar-refractivity contribution < 1.29 is 13.9 Å². The van der Waals surface area contributed by atoms with Crippen LogP contribution in [-0.2, 0) is 19.3 Å². The lowest BCUT2D eigenvalue weighted by atomic mass is 10.0. The van der Waals surface area contributed by atoms with E-state index >= 15 is 0 Å². The summed E-state index contributed by atoms with van der Waals surface area (Å²) in [6.45, 7) is 2.80. The fraction of sp³-hybridized carbons (Fsp3) is 0.391. The lowest BCUT2D eigenvalue weighted by Crippen LogP contribution is -2.44. The molecule has 4 rings (SSSR count). The van der Waals surface area contributed by atoms with Gasteiger partial charge in [-0.2, -0.15) is 0 Å². The zero-order valence-corrected chi connectivity index (χ0v) is 18.7. The number of rotatable bonds is 8. The normalized spacial score (nSPS) is 15.2. The van der Waals surface area contributed by atoms with Gasteiger partial charge in [-0.05, 0) is 42.7 Å². The van der Waals surface area contributed by atoms with Crippen LogP contribution in [0.15, 0.2) is 58.4 Å². The minimum Gasteiger partial charge on any atom is -0.497 e. The van der Waals surface area contributed by atoms with Crippen molar-refractivity contribution in [3.05, 3.63) is 65.9 Å². The molecule has 0 bridgehead atoms. The molecule has 0 unspecified atom stereocenters. The number of likely N-dealkylation sites (tertiary alicyclic amines) is 1. The molecule has 1 N–H and O–H groups in total. The second-order valence-corrected chi connectivity index (χ2v) is 8.69. The van der Waals surface area contributed by atoms with E-state index in [1.54, 1.807) is 31.1 Å². The van der Waals surface area contributed by atoms with Crippen LogP contribution in [0.2, 0.25) is 0 Å². The van der Waals surface area contributed by atoms with Crippen LogP contribution < -0.4 is 10.1 Å². The Kier molecular flexibility index (Phi) is 6.99. The van der Waals surface area contributed by atoms with E-state index in [9.17, 15) is 4.79 Å². The molecule has 1 fully saturated rings. The molecule has 1 aliphatic rings. The average Bonchev–Trinajstić information content (AvgIpc) is 3.42. The van der Waals surface area contributed by atoms with Crippen molar-refractivity contribution in [2.45, 2.75) is 36.3 Å². The number of nitrogens with zero attached hydrogens (tertiary/aromatic N) is 3. The van der Waals surface area contributed by atoms with Crippen LogP contribution in [0.3, 0.4) is 0 Å². The minimum absolute atomic E-state index is 0.139. The van der Waals surface area contributed by atoms with Crippen molar-refractivity contribution in [1.82, 2.24) is 19.8 Å². The molecule has 0 radical (unpaired) electrons. The molecule has 7 nitrogen and oxygen atoms in total. The summed E-state index contributed by atoms with van der Waals surface area (Å²) in [5.74, 6) is 2.52. The number of amides is 1. The van der Waals surface area contributed by atoms with Crippen molar-refractivity contribution in [3.8, 4) is 5.75 Å². The fourth-order valence-electron chi connectivity index (χ4n) is 3.73. The number of hydrogen-bond donors (Lipinski definition) is 1. The number of carbonyl (C=O) groups is 1. The number of methoxy groups -OCH3 is 1. The van der Waals surface area contributed by atoms with Gasteiger partial charge in [0.25, 0.3) is 5.91 Å². The smallest absolute Gasteiger partial charge is 0.287 e. The monoisotopic (exact) mass is 440 g/mol. The van der Waals surface area contributed by atoms with E-state index in [0.29, 0.717) is 11.5 Å². The molecule has 3 heterocycles. The summed E-state index contributed by atoms with van der Waals surface area (Å²) < 4.78 is 13.0. The highest BCUT2D eigenvalue weighted by molar-refractivity contribution is 7.98. The maximum atomic E-state index is 12.6. The van der Waals surface area contributed by atoms with Gasteiger partial charge in [-0.3, -0.25) is 9.69 Å². The fourth-order valence-corrected chi connectivity index (χ4v) is 4.55. The Morgan fingerprint density at radius 2 is 2.13 bits per heavy atom. The highest BCUT2D eigenvalue weighted by atomic mass is 32.2. The molecule has 1 amide bonds. The van der Waals surface area contributed by atoms with Gasteiger partial charge in [0.1, 0.15) is 11.5 Å². The van der Waals surface area contributed by atoms with Gasteiger partial charge in [0.2, 0.25) is 0 Å². The first-order valence-corrected chi connectivity index (χ1v) is 11.4. The van der Waals surface area contributed by atoms with Crippen molar-refractivity contribution in [2.75, 3.05) is 20.2 Å². The second-order valence-electron chi connectivity index (χ2n) is 7.75. The van der Waals surface area contributed by atoms with Crippen molar-refractivity contribution in [3.63, 3.8) is 0 Å². The lowest BCUT2D eigenvalue weighted by Gasteiger charge is -2.32. The van der Waals surface area contributed by atoms with E-state index in [1.165, 1.54) is 5.56 Å². The van der Waals surface area contributed by atoms with Gasteiger partial charge >= 0.3 is 0 Å². The van der Waals surface area contributed by atoms with Gasteiger partial charge in [-0.15, -0.1) is 0 Å². The molecule has 8 heteroatoms. The third-order valence-corrected chi connectivity index (χ3v) is 6.55. The minimum atomic E-state index is -0.139. The number of furan rings is 1. The zero-order valence-electron chi connectivity index (χ0n) is 17.9. The van der Waals surface area contributed by atoms with Gasteiger partial charge in [0.15, 0.2) is 10.9 Å². The van der Waals surface area contributed by atoms with Gasteiger partial charge < -0.3 is 19.0 Å². The van der Waals surface area contributed by atoms with Crippen LogP contribution in [0.1, 0.15) is 34.7 Å². The highest BCUT2D eigenvalue weighted by Crippen LogP contribution is 2.22. The van der Waals surface area contributed by atoms with Crippen LogP contribution in [0.4, 0.5) is 0 Å². The maximum absolute atomic E-state index is 12.6. The van der Waals surface area contributed by atoms with Crippen LogP contribution in [0.5, 0.6) is 5.75 Å². The van der Waals surface area contributed by atoms with Gasteiger partial charge in [0.05, 0.1) is 12.9 Å². The summed E-state index contributed by atoms with van der Waals surface area (Å²) in [5, 5.41) is 4.05. The Morgan fingerprint density at radius 1 is 1.29 bits per heavy atom. The Morgan fingerprint density at radius 3 is 2.87 bits per heavy atom. The first-order valence-electron chi connectivity index (χ1n) is 10.5. The van der Waals surface area contributed by atoms with Crippen molar-refractivity contribution in [1.29, 1.82) is 0 Å². The molecular weight excluding hydrogens is 412 g/mol. The number of hydrogen-bond acceptors (Lipinski definition) is 6. The quantitative estimate of drug-likeness (QED) is 0.539. The lowest BCUT2D eigenvalue weighted by molar-refractivity contribution is 0.0879. The van der Waals surface area contributed by atoms with Crippen molar-refractivity contribution >= 4 is 17.7 Å². The summed E-state index contributed by atoms with van der Waals surface area (Å²) in [5.41, 5.74) is 1.24. The van der Waals surface area contributed by atoms with Gasteiger partial charge in [0, 0.05) is 45.1 Å². The summed E-state index contributed by atoms with van der Waals surface area (Å²) in [7, 11) is 3.65. The number of benzene rings is 1. The Hall–Kier alpha value is -2.71. The number of ether oxygens (including phenoxy) is 1. The predicted octanol–water partition coefficient (Wildman–Crippen LogP) is 3.71. The molecule has 1 aliphatic heterocycles. The van der Waals surface area contributed by atoms with Gasteiger partial charge in [-0.1, -0.05) is 23.9 Å². The first-order chi connectivity index (χ1) is 15.1. The molecule has 164 valence electrons. The number of aryl methyl sites for hydroxylation is 1. The first kappa shape index (κ1) is 21.5. The van der Waals surface area contributed by atoms with E-state index in [-0.39, 0.29) is 11.9 Å². The van der Waals surface area contributed by atoms with E-state index in [2.05, 4.69) is 27.3 Å². The Balaban J connectivity index is 1.22. The summed E-state index contributed by atoms with van der Waals surface area (Å²) in [4.78, 5) is 19.3. The molecule has 0 spiro atoms. The predicted molar refractivity (Wildman–Crippen MR) is 120 cm³/mol. The molecule has 0 atom stereocenters. The molecule has 2 aromatic heterocycles. The number of imidazole rings is 1. The van der Waals surface area contributed by atoms with E-state index in [4.69, 9.17) is 9.15 Å². The molecule has 0 saturated carbocycles. The molecular formula is C23H28N4O3S. The van der Waals surface area contributed by atoms with E-state index in [1.807, 2.05) is 36.0 Å². The summed E-state index contributed by atoms with van der Waals surface area (Å²) in [6, 6.07) is 12.0. The average molecular weight is 441 g/mol. The Bertz CT molecular complexity index is 1010. The molecule has 1 saturated heterocycles. The summed E-state index contributed by atoms with van der Waals surface area (Å²) >= 11 is 1.58. The van der Waals surface area contributed by atoms with Crippen LogP contribution in [-0.4, -0.2) is 46.6 Å². The third kappa shape index (κ3) is 5.71. The van der Waals surface area contributed by atoms with Gasteiger partial charge in [-0.25, -0.2) is 4.98 Å². The van der Waals surface area contributed by atoms with Crippen LogP contribution in [0.25, 0.3) is 0 Å². The Labute approximate surface area is 186 Å². The molecule has 3 aromatic rings. The largest absolute Gasteiger partial charge is 0.497 e. The van der Waals surface area contributed by atoms with Crippen molar-refractivity contribution in [2.24, 2.45) is 7.05 Å². The molecule has 0 aliphatic carbocycles. The maximum Gasteiger partial charge on any atom is 0.287 e. The highest BCUT2D eigenvalue weighted by Gasteiger charge is 2.22. The number of thioether (sulfide) groups is 1. The standard InChI is InChI=1S/C23H28N4O3S/c1-26-13-10-24-23(26)31-16-20-6-7-21(30-20)22(28)25-18-8-11-27(12-9-18)15-17-4-3-5-19(14-17)29-2/h3-7,10,13-14,18H,8-9,11-12,15-16H2,1-2H3,(H,25,28).